The number of hydrogen-bond acceptors (Lipinski definition) is 3. The van der Waals surface area contributed by atoms with Gasteiger partial charge in [0.25, 0.3) is 0 Å². The lowest BCUT2D eigenvalue weighted by Gasteiger charge is -2.08. The molecule has 0 aliphatic carbocycles. The van der Waals surface area contributed by atoms with Gasteiger partial charge in [0.1, 0.15) is 6.10 Å². The zero-order valence-electron chi connectivity index (χ0n) is 9.06. The molecule has 2 nitrogen and oxygen atoms in total. The smallest absolute Gasteiger partial charge is 0.175 e. The van der Waals surface area contributed by atoms with Crippen molar-refractivity contribution in [3.8, 4) is 0 Å². The highest BCUT2D eigenvalue weighted by molar-refractivity contribution is 9.10. The Bertz CT molecular complexity index is 702. The third-order valence-corrected chi connectivity index (χ3v) is 5.43. The highest BCUT2D eigenvalue weighted by Crippen LogP contribution is 2.38. The summed E-state index contributed by atoms with van der Waals surface area (Å²) >= 11 is 8.44. The summed E-state index contributed by atoms with van der Waals surface area (Å²) < 4.78 is 7.94. The van der Waals surface area contributed by atoms with E-state index in [0.29, 0.717) is 4.67 Å². The van der Waals surface area contributed by atoms with Gasteiger partial charge < -0.3 is 9.52 Å². The van der Waals surface area contributed by atoms with E-state index in [1.54, 1.807) is 23.7 Å². The second-order valence-electron chi connectivity index (χ2n) is 3.86. The Morgan fingerprint density at radius 3 is 2.72 bits per heavy atom. The van der Waals surface area contributed by atoms with Gasteiger partial charge in [0, 0.05) is 20.3 Å². The van der Waals surface area contributed by atoms with E-state index >= 15 is 0 Å². The molecule has 2 aromatic heterocycles. The normalized spacial score (nSPS) is 13.1. The fourth-order valence-corrected chi connectivity index (χ4v) is 4.02. The van der Waals surface area contributed by atoms with Gasteiger partial charge >= 0.3 is 0 Å². The van der Waals surface area contributed by atoms with Gasteiger partial charge in [0.15, 0.2) is 4.67 Å². The number of halogens is 2. The van der Waals surface area contributed by atoms with Crippen LogP contribution in [0.5, 0.6) is 0 Å². The van der Waals surface area contributed by atoms with Gasteiger partial charge in [-0.15, -0.1) is 11.3 Å². The van der Waals surface area contributed by atoms with Gasteiger partial charge in [-0.2, -0.15) is 0 Å². The molecule has 0 saturated heterocycles. The van der Waals surface area contributed by atoms with E-state index in [0.717, 1.165) is 25.7 Å². The van der Waals surface area contributed by atoms with Crippen LogP contribution in [0, 0.1) is 0 Å². The summed E-state index contributed by atoms with van der Waals surface area (Å²) in [4.78, 5) is 0. The fourth-order valence-electron chi connectivity index (χ4n) is 1.92. The van der Waals surface area contributed by atoms with Gasteiger partial charge in [-0.25, -0.2) is 0 Å². The lowest BCUT2D eigenvalue weighted by molar-refractivity contribution is 0.220. The molecule has 1 unspecified atom stereocenters. The van der Waals surface area contributed by atoms with Gasteiger partial charge in [-0.1, -0.05) is 12.1 Å². The van der Waals surface area contributed by atoms with Crippen LogP contribution >= 0.6 is 43.2 Å². The molecule has 0 radical (unpaired) electrons. The Morgan fingerprint density at radius 2 is 2.00 bits per heavy atom. The quantitative estimate of drug-likeness (QED) is 0.663. The van der Waals surface area contributed by atoms with Crippen molar-refractivity contribution in [2.75, 3.05) is 0 Å². The van der Waals surface area contributed by atoms with E-state index in [4.69, 9.17) is 4.42 Å². The predicted molar refractivity (Wildman–Crippen MR) is 80.0 cm³/mol. The van der Waals surface area contributed by atoms with Crippen molar-refractivity contribution in [1.29, 1.82) is 0 Å². The summed E-state index contributed by atoms with van der Waals surface area (Å²) in [6.07, 6.45) is 0.883. The van der Waals surface area contributed by atoms with Crippen LogP contribution in [0.2, 0.25) is 0 Å². The van der Waals surface area contributed by atoms with Gasteiger partial charge in [-0.05, 0) is 54.8 Å². The zero-order chi connectivity index (χ0) is 12.7. The van der Waals surface area contributed by atoms with Crippen molar-refractivity contribution in [3.05, 3.63) is 56.2 Å². The lowest BCUT2D eigenvalue weighted by Crippen LogP contribution is -1.97. The Morgan fingerprint density at radius 1 is 1.17 bits per heavy atom. The molecule has 0 fully saturated rings. The number of fused-ring (bicyclic) bond motifs is 1. The lowest BCUT2D eigenvalue weighted by atomic mass is 10.0. The summed E-state index contributed by atoms with van der Waals surface area (Å²) in [5.41, 5.74) is 1.65. The molecule has 92 valence electrons. The van der Waals surface area contributed by atoms with Gasteiger partial charge in [0.2, 0.25) is 0 Å². The van der Waals surface area contributed by atoms with E-state index in [2.05, 4.69) is 31.9 Å². The van der Waals surface area contributed by atoms with Crippen molar-refractivity contribution >= 4 is 53.3 Å². The second kappa shape index (κ2) is 4.81. The van der Waals surface area contributed by atoms with Crippen LogP contribution in [0.4, 0.5) is 0 Å². The van der Waals surface area contributed by atoms with E-state index in [-0.39, 0.29) is 0 Å². The first-order valence-corrected chi connectivity index (χ1v) is 7.71. The Kier molecular flexibility index (Phi) is 3.32. The first-order valence-electron chi connectivity index (χ1n) is 5.25. The SMILES string of the molecule is OC(c1ccoc1Br)c1csc2c(Br)cccc12. The van der Waals surface area contributed by atoms with E-state index in [1.165, 1.54) is 0 Å². The number of hydrogen-bond donors (Lipinski definition) is 1. The molecule has 0 aliphatic heterocycles. The van der Waals surface area contributed by atoms with Crippen molar-refractivity contribution in [2.24, 2.45) is 0 Å². The highest BCUT2D eigenvalue weighted by Gasteiger charge is 2.19. The largest absolute Gasteiger partial charge is 0.457 e. The predicted octanol–water partition coefficient (Wildman–Crippen LogP) is 5.10. The molecule has 0 amide bonds. The molecule has 0 aliphatic rings. The molecule has 0 saturated carbocycles. The monoisotopic (exact) mass is 386 g/mol. The molecule has 3 rings (SSSR count). The minimum absolute atomic E-state index is 0.573. The second-order valence-corrected chi connectivity index (χ2v) is 6.31. The molecular formula is C13H8Br2O2S. The van der Waals surface area contributed by atoms with E-state index < -0.39 is 6.10 Å². The maximum atomic E-state index is 10.4. The standard InChI is InChI=1S/C13H8Br2O2S/c14-10-3-1-2-7-9(6-18-12(7)10)11(16)8-4-5-17-13(8)15/h1-6,11,16H. The van der Waals surface area contributed by atoms with Crippen LogP contribution in [-0.4, -0.2) is 5.11 Å². The average molecular weight is 388 g/mol. The minimum Gasteiger partial charge on any atom is -0.457 e. The zero-order valence-corrected chi connectivity index (χ0v) is 13.0. The summed E-state index contributed by atoms with van der Waals surface area (Å²) in [7, 11) is 0. The van der Waals surface area contributed by atoms with Crippen LogP contribution in [0.15, 0.2) is 49.5 Å². The number of aliphatic hydroxyl groups excluding tert-OH is 1. The number of benzene rings is 1. The summed E-state index contributed by atoms with van der Waals surface area (Å²) in [6.45, 7) is 0. The third kappa shape index (κ3) is 1.95. The number of thiophene rings is 1. The number of rotatable bonds is 2. The molecule has 1 aromatic carbocycles. The Hall–Kier alpha value is -0.620. The highest BCUT2D eigenvalue weighted by atomic mass is 79.9. The molecule has 1 atom stereocenters. The molecule has 3 aromatic rings. The summed E-state index contributed by atoms with van der Waals surface area (Å²) in [6, 6.07) is 7.77. The minimum atomic E-state index is -0.679. The average Bonchev–Trinajstić information content (AvgIpc) is 2.95. The number of aliphatic hydroxyl groups is 1. The third-order valence-electron chi connectivity index (χ3n) is 2.82. The molecule has 0 spiro atoms. The van der Waals surface area contributed by atoms with Gasteiger partial charge in [0.05, 0.1) is 6.26 Å². The first kappa shape index (κ1) is 12.4. The molecule has 5 heteroatoms. The topological polar surface area (TPSA) is 33.4 Å². The van der Waals surface area contributed by atoms with Crippen LogP contribution in [0.3, 0.4) is 0 Å². The molecule has 1 N–H and O–H groups in total. The van der Waals surface area contributed by atoms with Gasteiger partial charge in [-0.3, -0.25) is 0 Å². The molecule has 18 heavy (non-hydrogen) atoms. The summed E-state index contributed by atoms with van der Waals surface area (Å²) in [5, 5.41) is 13.5. The van der Waals surface area contributed by atoms with Crippen molar-refractivity contribution in [2.45, 2.75) is 6.10 Å². The Balaban J connectivity index is 2.16. The number of furan rings is 1. The van der Waals surface area contributed by atoms with E-state index in [1.807, 2.05) is 23.6 Å². The fraction of sp³-hybridized carbons (Fsp3) is 0.0769. The maximum Gasteiger partial charge on any atom is 0.175 e. The first-order chi connectivity index (χ1) is 8.68. The van der Waals surface area contributed by atoms with Crippen LogP contribution in [0.1, 0.15) is 17.2 Å². The summed E-state index contributed by atoms with van der Waals surface area (Å²) in [5.74, 6) is 0. The van der Waals surface area contributed by atoms with Crippen molar-refractivity contribution in [1.82, 2.24) is 0 Å². The maximum absolute atomic E-state index is 10.4. The van der Waals surface area contributed by atoms with Crippen LogP contribution in [-0.2, 0) is 0 Å². The Labute approximate surface area is 124 Å². The molecular weight excluding hydrogens is 380 g/mol. The van der Waals surface area contributed by atoms with Crippen LogP contribution < -0.4 is 0 Å². The van der Waals surface area contributed by atoms with Crippen molar-refractivity contribution < 1.29 is 9.52 Å². The van der Waals surface area contributed by atoms with Crippen LogP contribution in [0.25, 0.3) is 10.1 Å². The molecule has 2 heterocycles. The van der Waals surface area contributed by atoms with E-state index in [9.17, 15) is 5.11 Å². The molecule has 0 bridgehead atoms. The van der Waals surface area contributed by atoms with Crippen molar-refractivity contribution in [3.63, 3.8) is 0 Å².